The molecule has 0 aliphatic carbocycles. The first-order valence-electron chi connectivity index (χ1n) is 7.17. The second-order valence-corrected chi connectivity index (χ2v) is 5.18. The molecule has 116 valence electrons. The number of nitrogens with zero attached hydrogens (tertiary/aromatic N) is 3. The van der Waals surface area contributed by atoms with Crippen LogP contribution in [0.5, 0.6) is 0 Å². The summed E-state index contributed by atoms with van der Waals surface area (Å²) in [5.74, 6) is -0.282. The molecule has 6 nitrogen and oxygen atoms in total. The number of benzene rings is 1. The van der Waals surface area contributed by atoms with Gasteiger partial charge in [0.05, 0.1) is 11.9 Å². The Morgan fingerprint density at radius 2 is 2.00 bits per heavy atom. The summed E-state index contributed by atoms with van der Waals surface area (Å²) in [5, 5.41) is 7.06. The number of carbonyl (C=O) groups excluding carboxylic acids is 1. The van der Waals surface area contributed by atoms with Crippen molar-refractivity contribution in [1.29, 1.82) is 0 Å². The SMILES string of the molecule is Cn1ccc(C(=O)NCc2cnn(-c3ccccc3)c2)cc1=O. The van der Waals surface area contributed by atoms with Gasteiger partial charge in [0.2, 0.25) is 0 Å². The monoisotopic (exact) mass is 308 g/mol. The average molecular weight is 308 g/mol. The number of hydrogen-bond acceptors (Lipinski definition) is 3. The lowest BCUT2D eigenvalue weighted by molar-refractivity contribution is 0.0950. The van der Waals surface area contributed by atoms with E-state index in [1.165, 1.54) is 10.6 Å². The van der Waals surface area contributed by atoms with Crippen LogP contribution in [0.3, 0.4) is 0 Å². The average Bonchev–Trinajstić information content (AvgIpc) is 3.05. The minimum Gasteiger partial charge on any atom is -0.348 e. The predicted molar refractivity (Wildman–Crippen MR) is 86.4 cm³/mol. The van der Waals surface area contributed by atoms with Crippen LogP contribution in [0.2, 0.25) is 0 Å². The van der Waals surface area contributed by atoms with Gasteiger partial charge in [0, 0.05) is 43.2 Å². The molecule has 0 aliphatic heterocycles. The molecule has 0 spiro atoms. The number of carbonyl (C=O) groups is 1. The van der Waals surface area contributed by atoms with E-state index in [1.807, 2.05) is 36.5 Å². The fourth-order valence-electron chi connectivity index (χ4n) is 2.15. The first-order chi connectivity index (χ1) is 11.1. The first-order valence-corrected chi connectivity index (χ1v) is 7.17. The Morgan fingerprint density at radius 1 is 1.22 bits per heavy atom. The molecule has 0 bridgehead atoms. The molecule has 0 radical (unpaired) electrons. The fourth-order valence-corrected chi connectivity index (χ4v) is 2.15. The highest BCUT2D eigenvalue weighted by Gasteiger charge is 2.07. The number of amides is 1. The molecule has 0 saturated heterocycles. The van der Waals surface area contributed by atoms with Gasteiger partial charge in [-0.25, -0.2) is 4.68 Å². The number of para-hydroxylation sites is 1. The topological polar surface area (TPSA) is 68.9 Å². The summed E-state index contributed by atoms with van der Waals surface area (Å²) in [7, 11) is 1.64. The molecule has 1 N–H and O–H groups in total. The second kappa shape index (κ2) is 6.31. The van der Waals surface area contributed by atoms with E-state index >= 15 is 0 Å². The molecule has 1 aromatic carbocycles. The number of nitrogens with one attached hydrogen (secondary N) is 1. The maximum atomic E-state index is 12.1. The Morgan fingerprint density at radius 3 is 2.74 bits per heavy atom. The maximum Gasteiger partial charge on any atom is 0.251 e. The van der Waals surface area contributed by atoms with E-state index in [0.717, 1.165) is 11.3 Å². The lowest BCUT2D eigenvalue weighted by atomic mass is 10.2. The third-order valence-corrected chi connectivity index (χ3v) is 3.48. The van der Waals surface area contributed by atoms with Crippen molar-refractivity contribution in [2.24, 2.45) is 7.05 Å². The van der Waals surface area contributed by atoms with Crippen LogP contribution in [-0.2, 0) is 13.6 Å². The quantitative estimate of drug-likeness (QED) is 0.794. The molecule has 0 fully saturated rings. The van der Waals surface area contributed by atoms with Crippen LogP contribution < -0.4 is 10.9 Å². The lowest BCUT2D eigenvalue weighted by Gasteiger charge is -2.04. The number of aromatic nitrogens is 3. The van der Waals surface area contributed by atoms with Gasteiger partial charge in [0.15, 0.2) is 0 Å². The maximum absolute atomic E-state index is 12.1. The standard InChI is InChI=1S/C17H16N4O2/c1-20-8-7-14(9-16(20)22)17(23)18-10-13-11-19-21(12-13)15-5-3-2-4-6-15/h2-9,11-12H,10H2,1H3,(H,18,23). The number of rotatable bonds is 4. The highest BCUT2D eigenvalue weighted by atomic mass is 16.2. The molecular weight excluding hydrogens is 292 g/mol. The molecule has 0 atom stereocenters. The van der Waals surface area contributed by atoms with E-state index in [2.05, 4.69) is 10.4 Å². The molecular formula is C17H16N4O2. The molecule has 0 unspecified atom stereocenters. The molecule has 3 aromatic rings. The van der Waals surface area contributed by atoms with Crippen molar-refractivity contribution >= 4 is 5.91 Å². The van der Waals surface area contributed by atoms with Crippen LogP contribution in [-0.4, -0.2) is 20.3 Å². The fraction of sp³-hybridized carbons (Fsp3) is 0.118. The van der Waals surface area contributed by atoms with Gasteiger partial charge >= 0.3 is 0 Å². The van der Waals surface area contributed by atoms with Gasteiger partial charge in [-0.1, -0.05) is 18.2 Å². The van der Waals surface area contributed by atoms with Crippen molar-refractivity contribution in [2.75, 3.05) is 0 Å². The summed E-state index contributed by atoms with van der Waals surface area (Å²) in [6.45, 7) is 0.348. The molecule has 0 aliphatic rings. The van der Waals surface area contributed by atoms with Crippen molar-refractivity contribution in [3.8, 4) is 5.69 Å². The Labute approximate surface area is 133 Å². The Balaban J connectivity index is 1.66. The Hall–Kier alpha value is -3.15. The smallest absolute Gasteiger partial charge is 0.251 e. The molecule has 0 saturated carbocycles. The van der Waals surface area contributed by atoms with E-state index in [-0.39, 0.29) is 11.5 Å². The highest BCUT2D eigenvalue weighted by Crippen LogP contribution is 2.07. The van der Waals surface area contributed by atoms with Crippen molar-refractivity contribution in [3.05, 3.63) is 82.5 Å². The van der Waals surface area contributed by atoms with Crippen molar-refractivity contribution in [1.82, 2.24) is 19.7 Å². The zero-order chi connectivity index (χ0) is 16.2. The number of pyridine rings is 1. The summed E-state index contributed by atoms with van der Waals surface area (Å²) >= 11 is 0. The molecule has 1 amide bonds. The van der Waals surface area contributed by atoms with Crippen molar-refractivity contribution in [2.45, 2.75) is 6.54 Å². The molecule has 6 heteroatoms. The van der Waals surface area contributed by atoms with E-state index in [9.17, 15) is 9.59 Å². The van der Waals surface area contributed by atoms with Crippen molar-refractivity contribution < 1.29 is 4.79 Å². The summed E-state index contributed by atoms with van der Waals surface area (Å²) in [4.78, 5) is 23.6. The van der Waals surface area contributed by atoms with E-state index < -0.39 is 0 Å². The molecule has 2 heterocycles. The predicted octanol–water partition coefficient (Wildman–Crippen LogP) is 1.50. The van der Waals surface area contributed by atoms with Crippen LogP contribution in [0.1, 0.15) is 15.9 Å². The summed E-state index contributed by atoms with van der Waals surface area (Å²) in [6.07, 6.45) is 5.14. The Bertz CT molecular complexity index is 881. The third kappa shape index (κ3) is 3.37. The molecule has 3 rings (SSSR count). The minimum absolute atomic E-state index is 0.213. The summed E-state index contributed by atoms with van der Waals surface area (Å²) in [5.41, 5.74) is 1.97. The van der Waals surface area contributed by atoms with Gasteiger partial charge in [-0.2, -0.15) is 5.10 Å². The lowest BCUT2D eigenvalue weighted by Crippen LogP contribution is -2.25. The third-order valence-electron chi connectivity index (χ3n) is 3.48. The van der Waals surface area contributed by atoms with Crippen molar-refractivity contribution in [3.63, 3.8) is 0 Å². The number of hydrogen-bond donors (Lipinski definition) is 1. The van der Waals surface area contributed by atoms with Crippen LogP contribution in [0, 0.1) is 0 Å². The largest absolute Gasteiger partial charge is 0.348 e. The van der Waals surface area contributed by atoms with Crippen LogP contribution in [0.25, 0.3) is 5.69 Å². The van der Waals surface area contributed by atoms with Crippen LogP contribution >= 0.6 is 0 Å². The van der Waals surface area contributed by atoms with Gasteiger partial charge < -0.3 is 9.88 Å². The Kier molecular flexibility index (Phi) is 4.05. The van der Waals surface area contributed by atoms with Gasteiger partial charge in [-0.3, -0.25) is 9.59 Å². The normalized spacial score (nSPS) is 10.5. The van der Waals surface area contributed by atoms with Gasteiger partial charge in [-0.15, -0.1) is 0 Å². The zero-order valence-corrected chi connectivity index (χ0v) is 12.6. The van der Waals surface area contributed by atoms with Crippen LogP contribution in [0.15, 0.2) is 65.8 Å². The van der Waals surface area contributed by atoms with E-state index in [0.29, 0.717) is 12.1 Å². The molecule has 2 aromatic heterocycles. The van der Waals surface area contributed by atoms with E-state index in [1.54, 1.807) is 30.2 Å². The second-order valence-electron chi connectivity index (χ2n) is 5.18. The minimum atomic E-state index is -0.282. The summed E-state index contributed by atoms with van der Waals surface area (Å²) in [6, 6.07) is 12.7. The summed E-state index contributed by atoms with van der Waals surface area (Å²) < 4.78 is 3.17. The van der Waals surface area contributed by atoms with Gasteiger partial charge in [0.25, 0.3) is 11.5 Å². The van der Waals surface area contributed by atoms with Gasteiger partial charge in [-0.05, 0) is 18.2 Å². The number of aryl methyl sites for hydroxylation is 1. The van der Waals surface area contributed by atoms with Crippen LogP contribution in [0.4, 0.5) is 0 Å². The van der Waals surface area contributed by atoms with Gasteiger partial charge in [0.1, 0.15) is 0 Å². The molecule has 23 heavy (non-hydrogen) atoms. The highest BCUT2D eigenvalue weighted by molar-refractivity contribution is 5.93. The zero-order valence-electron chi connectivity index (χ0n) is 12.6. The van der Waals surface area contributed by atoms with E-state index in [4.69, 9.17) is 0 Å². The first kappa shape index (κ1) is 14.8.